The van der Waals surface area contributed by atoms with Crippen molar-refractivity contribution in [1.29, 1.82) is 0 Å². The summed E-state index contributed by atoms with van der Waals surface area (Å²) in [5.41, 5.74) is 1.56. The predicted octanol–water partition coefficient (Wildman–Crippen LogP) is 3.53. The molecule has 43 heavy (non-hydrogen) atoms. The first-order chi connectivity index (χ1) is 19.9. The number of rotatable bonds is 20. The molecule has 252 valence electrons. The largest absolute Gasteiger partial charge is 0.459 e. The highest BCUT2D eigenvalue weighted by Gasteiger charge is 2.27. The van der Waals surface area contributed by atoms with Gasteiger partial charge < -0.3 is 40.5 Å². The first-order valence-electron chi connectivity index (χ1n) is 15.8. The Balaban J connectivity index is 5.21. The third kappa shape index (κ3) is 14.8. The summed E-state index contributed by atoms with van der Waals surface area (Å²) >= 11 is 0. The predicted molar refractivity (Wildman–Crippen MR) is 170 cm³/mol. The fraction of sp³-hybridized carbons (Fsp3) is 0.794. The molecule has 0 aliphatic rings. The van der Waals surface area contributed by atoms with Crippen LogP contribution in [0.5, 0.6) is 0 Å². The average molecular weight is 615 g/mol. The Morgan fingerprint density at radius 1 is 0.674 bits per heavy atom. The first kappa shape index (κ1) is 41.4. The summed E-state index contributed by atoms with van der Waals surface area (Å²) in [5.74, 6) is -0.329. The summed E-state index contributed by atoms with van der Waals surface area (Å²) in [6, 6.07) is 0. The number of hydrogen-bond donors (Lipinski definition) is 7. The zero-order valence-electron chi connectivity index (χ0n) is 28.1. The number of carbonyl (C=O) groups excluding carboxylic acids is 1. The molecule has 0 aromatic heterocycles. The maximum absolute atomic E-state index is 12.3. The Bertz CT molecular complexity index is 898. The lowest BCUT2D eigenvalue weighted by molar-refractivity contribution is -0.148. The van der Waals surface area contributed by atoms with Gasteiger partial charge in [-0.25, -0.2) is 4.79 Å². The van der Waals surface area contributed by atoms with Gasteiger partial charge in [0, 0.05) is 23.3 Å². The Kier molecular flexibility index (Phi) is 19.7. The highest BCUT2D eigenvalue weighted by molar-refractivity contribution is 5.87. The van der Waals surface area contributed by atoms with Crippen LogP contribution >= 0.6 is 0 Å². The molecule has 0 aromatic carbocycles. The minimum absolute atomic E-state index is 0.125. The monoisotopic (exact) mass is 614 g/mol. The maximum Gasteiger partial charge on any atom is 0.333 e. The van der Waals surface area contributed by atoms with Gasteiger partial charge in [-0.05, 0) is 62.5 Å². The number of esters is 1. The Morgan fingerprint density at radius 2 is 1.16 bits per heavy atom. The van der Waals surface area contributed by atoms with Gasteiger partial charge in [-0.3, -0.25) is 0 Å². The van der Waals surface area contributed by atoms with Crippen LogP contribution in [0.3, 0.4) is 0 Å². The van der Waals surface area contributed by atoms with E-state index in [9.17, 15) is 35.4 Å². The molecule has 0 bridgehead atoms. The van der Waals surface area contributed by atoms with Crippen LogP contribution in [0, 0.1) is 35.5 Å². The Labute approximate surface area is 260 Å². The maximum atomic E-state index is 12.3. The van der Waals surface area contributed by atoms with Crippen LogP contribution < -0.4 is 0 Å². The van der Waals surface area contributed by atoms with Crippen LogP contribution in [0.15, 0.2) is 34.9 Å². The molecule has 0 aromatic rings. The number of aliphatic hydroxyl groups is 7. The van der Waals surface area contributed by atoms with Crippen LogP contribution in [0.25, 0.3) is 0 Å². The molecule has 12 atom stereocenters. The molecule has 0 fully saturated rings. The highest BCUT2D eigenvalue weighted by atomic mass is 16.5. The lowest BCUT2D eigenvalue weighted by Crippen LogP contribution is -2.42. The van der Waals surface area contributed by atoms with E-state index in [0.717, 1.165) is 24.8 Å². The molecule has 0 radical (unpaired) electrons. The normalized spacial score (nSPS) is 21.9. The standard InChI is InChI=1S/C34H62O9/c1-11-19(2)12-20(3)13-21(4)30(38)22(5)14-23(6)31(39)24(7)15-25(8)32(40)26(9)16-27(10)34(42)43-18-29(37)33(41)28(36)17-35/h14-16,19-22,24,26,28-33,35-41H,11-13,17-18H2,1-10H3/b23-14+,25-15+,27-16+/t19?,20?,21?,22?,24?,26?,28-,29-,30?,31?,32?,33+/m1/s1. The van der Waals surface area contributed by atoms with E-state index < -0.39 is 61.7 Å². The van der Waals surface area contributed by atoms with Crippen molar-refractivity contribution in [3.63, 3.8) is 0 Å². The van der Waals surface area contributed by atoms with Gasteiger partial charge in [-0.2, -0.15) is 0 Å². The minimum atomic E-state index is -1.67. The molecule has 0 rings (SSSR count). The number of ether oxygens (including phenoxy) is 1. The van der Waals surface area contributed by atoms with Crippen molar-refractivity contribution in [3.8, 4) is 0 Å². The summed E-state index contributed by atoms with van der Waals surface area (Å²) in [6.45, 7) is 18.1. The molecule has 0 amide bonds. The molecular weight excluding hydrogens is 552 g/mol. The van der Waals surface area contributed by atoms with E-state index in [2.05, 4.69) is 27.7 Å². The van der Waals surface area contributed by atoms with Crippen LogP contribution in [0.2, 0.25) is 0 Å². The Morgan fingerprint density at radius 3 is 1.65 bits per heavy atom. The number of hydrogen-bond acceptors (Lipinski definition) is 9. The second kappa shape index (κ2) is 20.4. The molecule has 0 spiro atoms. The van der Waals surface area contributed by atoms with Gasteiger partial charge >= 0.3 is 5.97 Å². The average Bonchev–Trinajstić information content (AvgIpc) is 2.96. The molecule has 0 saturated carbocycles. The molecule has 9 nitrogen and oxygen atoms in total. The van der Waals surface area contributed by atoms with Crippen molar-refractivity contribution in [2.24, 2.45) is 35.5 Å². The molecule has 9 unspecified atom stereocenters. The quantitative estimate of drug-likeness (QED) is 0.0616. The van der Waals surface area contributed by atoms with Gasteiger partial charge in [0.15, 0.2) is 0 Å². The van der Waals surface area contributed by atoms with Crippen molar-refractivity contribution in [3.05, 3.63) is 34.9 Å². The van der Waals surface area contributed by atoms with Gasteiger partial charge in [0.1, 0.15) is 24.9 Å². The summed E-state index contributed by atoms with van der Waals surface area (Å²) in [7, 11) is 0. The van der Waals surface area contributed by atoms with Crippen molar-refractivity contribution >= 4 is 5.97 Å². The summed E-state index contributed by atoms with van der Waals surface area (Å²) < 4.78 is 4.98. The molecule has 7 N–H and O–H groups in total. The molecular formula is C34H62O9. The van der Waals surface area contributed by atoms with Gasteiger partial charge in [-0.15, -0.1) is 0 Å². The van der Waals surface area contributed by atoms with Crippen molar-refractivity contribution in [2.45, 2.75) is 125 Å². The van der Waals surface area contributed by atoms with E-state index in [0.29, 0.717) is 17.4 Å². The van der Waals surface area contributed by atoms with E-state index in [1.807, 2.05) is 26.8 Å². The number of carbonyl (C=O) groups is 1. The summed E-state index contributed by atoms with van der Waals surface area (Å²) in [4.78, 5) is 12.3. The van der Waals surface area contributed by atoms with Crippen LogP contribution in [0.4, 0.5) is 0 Å². The SMILES string of the molecule is CCC(C)CC(C)CC(C)C(O)C(C)/C=C(\C)C(O)C(C)/C=C(\C)C(O)C(C)/C=C(\C)C(=O)OC[C@@H](O)[C@@H](O)[C@H](O)CO. The number of aliphatic hydroxyl groups excluding tert-OH is 7. The topological polar surface area (TPSA) is 168 Å². The van der Waals surface area contributed by atoms with Gasteiger partial charge in [0.2, 0.25) is 0 Å². The second-order valence-corrected chi connectivity index (χ2v) is 13.1. The third-order valence-electron chi connectivity index (χ3n) is 8.57. The summed E-state index contributed by atoms with van der Waals surface area (Å²) in [6.07, 6.45) is 1.47. The van der Waals surface area contributed by atoms with Crippen molar-refractivity contribution in [2.75, 3.05) is 13.2 Å². The van der Waals surface area contributed by atoms with Crippen LogP contribution in [0.1, 0.15) is 88.5 Å². The van der Waals surface area contributed by atoms with Crippen molar-refractivity contribution < 1.29 is 45.3 Å². The van der Waals surface area contributed by atoms with E-state index >= 15 is 0 Å². The molecule has 9 heteroatoms. The van der Waals surface area contributed by atoms with E-state index in [1.54, 1.807) is 19.9 Å². The van der Waals surface area contributed by atoms with Gasteiger partial charge in [-0.1, -0.05) is 73.1 Å². The Hall–Kier alpha value is -1.59. The lowest BCUT2D eigenvalue weighted by Gasteiger charge is -2.28. The van der Waals surface area contributed by atoms with Crippen molar-refractivity contribution in [1.82, 2.24) is 0 Å². The van der Waals surface area contributed by atoms with Gasteiger partial charge in [0.25, 0.3) is 0 Å². The fourth-order valence-electron chi connectivity index (χ4n) is 5.58. The smallest absolute Gasteiger partial charge is 0.333 e. The van der Waals surface area contributed by atoms with Crippen LogP contribution in [-0.2, 0) is 9.53 Å². The zero-order valence-corrected chi connectivity index (χ0v) is 28.1. The molecule has 0 heterocycles. The third-order valence-corrected chi connectivity index (χ3v) is 8.57. The lowest BCUT2D eigenvalue weighted by atomic mass is 9.82. The van der Waals surface area contributed by atoms with E-state index in [1.165, 1.54) is 13.0 Å². The highest BCUT2D eigenvalue weighted by Crippen LogP contribution is 2.28. The molecule has 0 saturated heterocycles. The molecule has 0 aliphatic carbocycles. The molecule has 0 aliphatic heterocycles. The second-order valence-electron chi connectivity index (χ2n) is 13.1. The van der Waals surface area contributed by atoms with E-state index in [4.69, 9.17) is 9.84 Å². The van der Waals surface area contributed by atoms with Crippen LogP contribution in [-0.4, -0.2) is 91.6 Å². The zero-order chi connectivity index (χ0) is 33.6. The summed E-state index contributed by atoms with van der Waals surface area (Å²) in [5, 5.41) is 70.6. The van der Waals surface area contributed by atoms with E-state index in [-0.39, 0.29) is 23.3 Å². The minimum Gasteiger partial charge on any atom is -0.459 e. The first-order valence-corrected chi connectivity index (χ1v) is 15.8. The van der Waals surface area contributed by atoms with Gasteiger partial charge in [0.05, 0.1) is 24.9 Å². The fourth-order valence-corrected chi connectivity index (χ4v) is 5.58.